The van der Waals surface area contributed by atoms with Crippen LogP contribution in [0.2, 0.25) is 0 Å². The van der Waals surface area contributed by atoms with Gasteiger partial charge < -0.3 is 14.6 Å². The number of rotatable bonds is 6. The Balaban J connectivity index is 1.52. The van der Waals surface area contributed by atoms with Gasteiger partial charge in [-0.1, -0.05) is 24.3 Å². The average Bonchev–Trinajstić information content (AvgIpc) is 3.26. The van der Waals surface area contributed by atoms with Crippen LogP contribution in [0, 0.1) is 0 Å². The predicted molar refractivity (Wildman–Crippen MR) is 119 cm³/mol. The Bertz CT molecular complexity index is 1380. The molecule has 0 radical (unpaired) electrons. The van der Waals surface area contributed by atoms with Gasteiger partial charge in [0.15, 0.2) is 11.4 Å². The fourth-order valence-electron chi connectivity index (χ4n) is 3.29. The molecular weight excluding hydrogens is 449 g/mol. The van der Waals surface area contributed by atoms with Crippen LogP contribution in [0.15, 0.2) is 83.9 Å². The Morgan fingerprint density at radius 2 is 1.82 bits per heavy atom. The molecule has 0 fully saturated rings. The lowest BCUT2D eigenvalue weighted by atomic mass is 10.2. The standard InChI is InChI=1S/C24H19F3N4O3/c1-34-20-15-31(19-6-4-5-17(13-19)24(25,26)27)29-22(20)23(33)28-18-10-8-16(9-11-18)14-30-12-3-2-7-21(30)32/h2-13,15H,14H2,1H3,(H,28,33). The van der Waals surface area contributed by atoms with Gasteiger partial charge in [0.2, 0.25) is 0 Å². The summed E-state index contributed by atoms with van der Waals surface area (Å²) >= 11 is 0. The minimum Gasteiger partial charge on any atom is -0.493 e. The van der Waals surface area contributed by atoms with E-state index in [1.807, 2.05) is 0 Å². The molecule has 0 aliphatic carbocycles. The van der Waals surface area contributed by atoms with Crippen molar-refractivity contribution in [3.63, 3.8) is 0 Å². The molecule has 0 aliphatic rings. The van der Waals surface area contributed by atoms with Gasteiger partial charge >= 0.3 is 6.18 Å². The Hall–Kier alpha value is -4.34. The van der Waals surface area contributed by atoms with E-state index in [4.69, 9.17) is 4.74 Å². The van der Waals surface area contributed by atoms with Crippen LogP contribution >= 0.6 is 0 Å². The molecule has 0 spiro atoms. The Kier molecular flexibility index (Phi) is 6.22. The van der Waals surface area contributed by atoms with Gasteiger partial charge in [-0.3, -0.25) is 9.59 Å². The van der Waals surface area contributed by atoms with E-state index in [0.717, 1.165) is 22.4 Å². The van der Waals surface area contributed by atoms with Gasteiger partial charge in [0.25, 0.3) is 11.5 Å². The Morgan fingerprint density at radius 1 is 1.06 bits per heavy atom. The third-order valence-electron chi connectivity index (χ3n) is 5.02. The van der Waals surface area contributed by atoms with Crippen LogP contribution < -0.4 is 15.6 Å². The lowest BCUT2D eigenvalue weighted by Crippen LogP contribution is -2.18. The second-order valence-corrected chi connectivity index (χ2v) is 7.36. The molecule has 1 N–H and O–H groups in total. The quantitative estimate of drug-likeness (QED) is 0.456. The van der Waals surface area contributed by atoms with Gasteiger partial charge in [0.1, 0.15) is 0 Å². The molecule has 4 rings (SSSR count). The number of nitrogens with one attached hydrogen (secondary N) is 1. The monoisotopic (exact) mass is 468 g/mol. The Labute approximate surface area is 192 Å². The topological polar surface area (TPSA) is 78.2 Å². The molecule has 2 aromatic heterocycles. The molecule has 34 heavy (non-hydrogen) atoms. The lowest BCUT2D eigenvalue weighted by Gasteiger charge is -2.08. The summed E-state index contributed by atoms with van der Waals surface area (Å²) in [6, 6.07) is 16.4. The number of benzene rings is 2. The van der Waals surface area contributed by atoms with Gasteiger partial charge in [0, 0.05) is 18.0 Å². The Morgan fingerprint density at radius 3 is 2.50 bits per heavy atom. The van der Waals surface area contributed by atoms with Crippen LogP contribution in [0.5, 0.6) is 5.75 Å². The number of nitrogens with zero attached hydrogens (tertiary/aromatic N) is 3. The molecule has 0 bridgehead atoms. The number of anilines is 1. The molecule has 0 atom stereocenters. The number of alkyl halides is 3. The molecule has 1 amide bonds. The minimum atomic E-state index is -4.51. The highest BCUT2D eigenvalue weighted by molar-refractivity contribution is 6.04. The van der Waals surface area contributed by atoms with E-state index < -0.39 is 17.6 Å². The summed E-state index contributed by atoms with van der Waals surface area (Å²) in [6.45, 7) is 0.378. The van der Waals surface area contributed by atoms with E-state index in [1.165, 1.54) is 31.5 Å². The summed E-state index contributed by atoms with van der Waals surface area (Å²) in [5.41, 5.74) is 0.432. The number of ether oxygens (including phenoxy) is 1. The highest BCUT2D eigenvalue weighted by atomic mass is 19.4. The number of hydrogen-bond acceptors (Lipinski definition) is 4. The lowest BCUT2D eigenvalue weighted by molar-refractivity contribution is -0.137. The maximum Gasteiger partial charge on any atom is 0.416 e. The number of amides is 1. The van der Waals surface area contributed by atoms with E-state index in [9.17, 15) is 22.8 Å². The van der Waals surface area contributed by atoms with E-state index in [0.29, 0.717) is 12.2 Å². The van der Waals surface area contributed by atoms with E-state index >= 15 is 0 Å². The predicted octanol–water partition coefficient (Wildman–Crippen LogP) is 4.36. The van der Waals surface area contributed by atoms with Gasteiger partial charge in [-0.2, -0.15) is 18.3 Å². The van der Waals surface area contributed by atoms with Crippen LogP contribution in [0.25, 0.3) is 5.69 Å². The van der Waals surface area contributed by atoms with Crippen LogP contribution in [-0.4, -0.2) is 27.4 Å². The SMILES string of the molecule is COc1cn(-c2cccc(C(F)(F)F)c2)nc1C(=O)Nc1ccc(Cn2ccccc2=O)cc1. The van der Waals surface area contributed by atoms with Crippen molar-refractivity contribution in [2.75, 3.05) is 12.4 Å². The number of carbonyl (C=O) groups excluding carboxylic acids is 1. The van der Waals surface area contributed by atoms with Gasteiger partial charge in [0.05, 0.1) is 31.1 Å². The smallest absolute Gasteiger partial charge is 0.416 e. The van der Waals surface area contributed by atoms with Crippen molar-refractivity contribution >= 4 is 11.6 Å². The number of aromatic nitrogens is 3. The third-order valence-corrected chi connectivity index (χ3v) is 5.02. The number of hydrogen-bond donors (Lipinski definition) is 1. The third kappa shape index (κ3) is 5.01. The van der Waals surface area contributed by atoms with Crippen molar-refractivity contribution in [3.05, 3.63) is 106 Å². The molecular formula is C24H19F3N4O3. The maximum atomic E-state index is 13.0. The molecule has 4 aromatic rings. The normalized spacial score (nSPS) is 11.3. The molecule has 174 valence electrons. The zero-order valence-corrected chi connectivity index (χ0v) is 17.9. The van der Waals surface area contributed by atoms with Crippen molar-refractivity contribution in [1.82, 2.24) is 14.3 Å². The highest BCUT2D eigenvalue weighted by Gasteiger charge is 2.30. The van der Waals surface area contributed by atoms with E-state index in [2.05, 4.69) is 10.4 Å². The second kappa shape index (κ2) is 9.26. The molecule has 0 unspecified atom stereocenters. The largest absolute Gasteiger partial charge is 0.493 e. The molecule has 2 heterocycles. The van der Waals surface area contributed by atoms with Gasteiger partial charge in [-0.05, 0) is 42.0 Å². The minimum absolute atomic E-state index is 0.0835. The summed E-state index contributed by atoms with van der Waals surface area (Å²) in [6.07, 6.45) is -1.48. The van der Waals surface area contributed by atoms with Crippen molar-refractivity contribution in [1.29, 1.82) is 0 Å². The first kappa shape index (κ1) is 22.8. The first-order valence-corrected chi connectivity index (χ1v) is 10.1. The van der Waals surface area contributed by atoms with Crippen LogP contribution in [0.3, 0.4) is 0 Å². The fraction of sp³-hybridized carbons (Fsp3) is 0.125. The number of methoxy groups -OCH3 is 1. The molecule has 0 saturated heterocycles. The number of carbonyl (C=O) groups is 1. The number of halogens is 3. The van der Waals surface area contributed by atoms with Crippen LogP contribution in [-0.2, 0) is 12.7 Å². The van der Waals surface area contributed by atoms with Gasteiger partial charge in [-0.25, -0.2) is 4.68 Å². The van der Waals surface area contributed by atoms with Crippen LogP contribution in [0.1, 0.15) is 21.6 Å². The van der Waals surface area contributed by atoms with Crippen molar-refractivity contribution in [2.45, 2.75) is 12.7 Å². The van der Waals surface area contributed by atoms with E-state index in [-0.39, 0.29) is 22.7 Å². The summed E-state index contributed by atoms with van der Waals surface area (Å²) in [5.74, 6) is -0.482. The molecule has 7 nitrogen and oxygen atoms in total. The first-order valence-electron chi connectivity index (χ1n) is 10.1. The maximum absolute atomic E-state index is 13.0. The summed E-state index contributed by atoms with van der Waals surface area (Å²) in [4.78, 5) is 24.6. The average molecular weight is 468 g/mol. The van der Waals surface area contributed by atoms with Crippen LogP contribution in [0.4, 0.5) is 18.9 Å². The molecule has 0 aliphatic heterocycles. The summed E-state index contributed by atoms with van der Waals surface area (Å²) in [7, 11) is 1.34. The number of pyridine rings is 1. The highest BCUT2D eigenvalue weighted by Crippen LogP contribution is 2.31. The fourth-order valence-corrected chi connectivity index (χ4v) is 3.29. The zero-order valence-electron chi connectivity index (χ0n) is 17.9. The summed E-state index contributed by atoms with van der Waals surface area (Å²) < 4.78 is 47.0. The van der Waals surface area contributed by atoms with Gasteiger partial charge in [-0.15, -0.1) is 0 Å². The molecule has 0 saturated carbocycles. The van der Waals surface area contributed by atoms with E-state index in [1.54, 1.807) is 47.2 Å². The molecule has 2 aromatic carbocycles. The zero-order chi connectivity index (χ0) is 24.3. The summed E-state index contributed by atoms with van der Waals surface area (Å²) in [5, 5.41) is 6.82. The second-order valence-electron chi connectivity index (χ2n) is 7.36. The van der Waals surface area contributed by atoms with Crippen molar-refractivity contribution < 1.29 is 22.7 Å². The first-order chi connectivity index (χ1) is 16.2. The van der Waals surface area contributed by atoms with Crippen molar-refractivity contribution in [2.24, 2.45) is 0 Å². The van der Waals surface area contributed by atoms with Crippen molar-refractivity contribution in [3.8, 4) is 11.4 Å². The molecule has 10 heteroatoms.